The molecule has 0 heterocycles. The second kappa shape index (κ2) is 8.18. The van der Waals surface area contributed by atoms with Crippen molar-refractivity contribution in [1.82, 2.24) is 5.32 Å². The minimum Gasteiger partial charge on any atom is -0.393 e. The van der Waals surface area contributed by atoms with Gasteiger partial charge in [-0.1, -0.05) is 26.0 Å². The first-order valence-corrected chi connectivity index (χ1v) is 7.18. The average Bonchev–Trinajstić information content (AvgIpc) is 2.36. The largest absolute Gasteiger partial charge is 0.393 e. The molecule has 0 spiro atoms. The highest BCUT2D eigenvalue weighted by Crippen LogP contribution is 2.14. The van der Waals surface area contributed by atoms with Gasteiger partial charge in [0.05, 0.1) is 6.10 Å². The Balaban J connectivity index is 2.42. The lowest BCUT2D eigenvalue weighted by Gasteiger charge is -2.20. The summed E-state index contributed by atoms with van der Waals surface area (Å²) in [5, 5.41) is 12.7. The van der Waals surface area contributed by atoms with Gasteiger partial charge in [-0.25, -0.2) is 0 Å². The van der Waals surface area contributed by atoms with Crippen LogP contribution in [0.1, 0.15) is 32.8 Å². The predicted molar refractivity (Wildman–Crippen MR) is 82.6 cm³/mol. The smallest absolute Gasteiger partial charge is 0.0528 e. The van der Waals surface area contributed by atoms with E-state index in [-0.39, 0.29) is 6.10 Å². The van der Waals surface area contributed by atoms with Crippen molar-refractivity contribution in [2.75, 3.05) is 25.0 Å². The molecule has 1 unspecified atom stereocenters. The van der Waals surface area contributed by atoms with Crippen molar-refractivity contribution in [1.29, 1.82) is 0 Å². The molecule has 0 aliphatic carbocycles. The fourth-order valence-electron chi connectivity index (χ4n) is 1.88. The van der Waals surface area contributed by atoms with E-state index < -0.39 is 0 Å². The molecule has 0 aromatic heterocycles. The van der Waals surface area contributed by atoms with Gasteiger partial charge in [-0.2, -0.15) is 0 Å². The lowest BCUT2D eigenvalue weighted by Crippen LogP contribution is -2.22. The maximum Gasteiger partial charge on any atom is 0.0528 e. The third-order valence-corrected chi connectivity index (χ3v) is 3.14. The van der Waals surface area contributed by atoms with E-state index in [1.807, 2.05) is 6.92 Å². The number of rotatable bonds is 8. The third-order valence-electron chi connectivity index (χ3n) is 3.14. The van der Waals surface area contributed by atoms with Gasteiger partial charge in [-0.3, -0.25) is 0 Å². The highest BCUT2D eigenvalue weighted by molar-refractivity contribution is 5.46. The first-order chi connectivity index (χ1) is 8.99. The number of benzene rings is 1. The molecule has 1 aromatic carbocycles. The number of aliphatic hydroxyl groups excluding tert-OH is 1. The van der Waals surface area contributed by atoms with E-state index in [1.54, 1.807) is 0 Å². The summed E-state index contributed by atoms with van der Waals surface area (Å²) in [4.78, 5) is 2.18. The van der Waals surface area contributed by atoms with Crippen molar-refractivity contribution in [2.24, 2.45) is 5.92 Å². The molecule has 2 N–H and O–H groups in total. The zero-order valence-corrected chi connectivity index (χ0v) is 12.7. The van der Waals surface area contributed by atoms with E-state index in [2.05, 4.69) is 55.4 Å². The van der Waals surface area contributed by atoms with Crippen molar-refractivity contribution in [3.63, 3.8) is 0 Å². The second-order valence-corrected chi connectivity index (χ2v) is 5.75. The van der Waals surface area contributed by atoms with Gasteiger partial charge >= 0.3 is 0 Å². The van der Waals surface area contributed by atoms with E-state index >= 15 is 0 Å². The van der Waals surface area contributed by atoms with Crippen LogP contribution >= 0.6 is 0 Å². The summed E-state index contributed by atoms with van der Waals surface area (Å²) in [5.41, 5.74) is 2.52. The van der Waals surface area contributed by atoms with Crippen LogP contribution in [0.2, 0.25) is 0 Å². The molecular formula is C16H28N2O. The summed E-state index contributed by atoms with van der Waals surface area (Å²) in [7, 11) is 2.06. The van der Waals surface area contributed by atoms with Crippen molar-refractivity contribution < 1.29 is 5.11 Å². The molecule has 3 nitrogen and oxygen atoms in total. The highest BCUT2D eigenvalue weighted by Gasteiger charge is 2.03. The molecule has 0 fully saturated rings. The first-order valence-electron chi connectivity index (χ1n) is 7.18. The Labute approximate surface area is 117 Å². The minimum atomic E-state index is -0.234. The zero-order chi connectivity index (χ0) is 14.3. The van der Waals surface area contributed by atoms with E-state index in [4.69, 9.17) is 0 Å². The van der Waals surface area contributed by atoms with Gasteiger partial charge in [-0.05, 0) is 43.5 Å². The van der Waals surface area contributed by atoms with Gasteiger partial charge in [0.1, 0.15) is 0 Å². The van der Waals surface area contributed by atoms with E-state index in [9.17, 15) is 5.11 Å². The zero-order valence-electron chi connectivity index (χ0n) is 12.7. The van der Waals surface area contributed by atoms with Crippen LogP contribution in [0.5, 0.6) is 0 Å². The van der Waals surface area contributed by atoms with Crippen LogP contribution in [0.3, 0.4) is 0 Å². The summed E-state index contributed by atoms with van der Waals surface area (Å²) in [6, 6.07) is 8.63. The van der Waals surface area contributed by atoms with Crippen molar-refractivity contribution in [3.8, 4) is 0 Å². The molecule has 0 aliphatic heterocycles. The Bertz CT molecular complexity index is 346. The van der Waals surface area contributed by atoms with Crippen molar-refractivity contribution in [3.05, 3.63) is 29.8 Å². The van der Waals surface area contributed by atoms with Gasteiger partial charge < -0.3 is 15.3 Å². The van der Waals surface area contributed by atoms with Crippen LogP contribution in [0, 0.1) is 5.92 Å². The van der Waals surface area contributed by atoms with Gasteiger partial charge in [0.2, 0.25) is 0 Å². The van der Waals surface area contributed by atoms with Gasteiger partial charge in [-0.15, -0.1) is 0 Å². The Hall–Kier alpha value is -1.06. The summed E-state index contributed by atoms with van der Waals surface area (Å²) in [6.07, 6.45) is 0.565. The third kappa shape index (κ3) is 6.60. The Morgan fingerprint density at radius 2 is 1.79 bits per heavy atom. The monoisotopic (exact) mass is 264 g/mol. The van der Waals surface area contributed by atoms with Crippen LogP contribution in [0.25, 0.3) is 0 Å². The minimum absolute atomic E-state index is 0.234. The number of nitrogens with one attached hydrogen (secondary N) is 1. The van der Waals surface area contributed by atoms with Crippen LogP contribution in [-0.4, -0.2) is 31.3 Å². The standard InChI is InChI=1S/C16H28N2O/c1-13(2)11-17-12-15-5-7-16(8-6-15)18(4)10-9-14(3)19/h5-8,13-14,17,19H,9-12H2,1-4H3. The van der Waals surface area contributed by atoms with Crippen LogP contribution in [0.4, 0.5) is 5.69 Å². The number of nitrogens with zero attached hydrogens (tertiary/aromatic N) is 1. The number of aliphatic hydroxyl groups is 1. The lowest BCUT2D eigenvalue weighted by molar-refractivity contribution is 0.187. The summed E-state index contributed by atoms with van der Waals surface area (Å²) < 4.78 is 0. The topological polar surface area (TPSA) is 35.5 Å². The van der Waals surface area contributed by atoms with Crippen LogP contribution < -0.4 is 10.2 Å². The molecule has 0 aliphatic rings. The Morgan fingerprint density at radius 1 is 1.16 bits per heavy atom. The Kier molecular flexibility index (Phi) is 6.89. The van der Waals surface area contributed by atoms with E-state index in [1.165, 1.54) is 11.3 Å². The highest BCUT2D eigenvalue weighted by atomic mass is 16.3. The van der Waals surface area contributed by atoms with Gasteiger partial charge in [0, 0.05) is 25.8 Å². The summed E-state index contributed by atoms with van der Waals surface area (Å²) in [5.74, 6) is 0.686. The first kappa shape index (κ1) is 16.0. The molecular weight excluding hydrogens is 236 g/mol. The molecule has 0 amide bonds. The quantitative estimate of drug-likeness (QED) is 0.757. The maximum absolute atomic E-state index is 9.30. The fourth-order valence-corrected chi connectivity index (χ4v) is 1.88. The lowest BCUT2D eigenvalue weighted by atomic mass is 10.1. The fraction of sp³-hybridized carbons (Fsp3) is 0.625. The molecule has 1 rings (SSSR count). The van der Waals surface area contributed by atoms with Crippen LogP contribution in [-0.2, 0) is 6.54 Å². The predicted octanol–water partition coefficient (Wildman–Crippen LogP) is 2.64. The van der Waals surface area contributed by atoms with E-state index in [0.29, 0.717) is 5.92 Å². The number of hydrogen-bond donors (Lipinski definition) is 2. The summed E-state index contributed by atoms with van der Waals surface area (Å²) >= 11 is 0. The Morgan fingerprint density at radius 3 is 2.32 bits per heavy atom. The van der Waals surface area contributed by atoms with Crippen LogP contribution in [0.15, 0.2) is 24.3 Å². The van der Waals surface area contributed by atoms with Gasteiger partial charge in [0.15, 0.2) is 0 Å². The van der Waals surface area contributed by atoms with Crippen molar-refractivity contribution >= 4 is 5.69 Å². The normalized spacial score (nSPS) is 12.7. The molecule has 1 aromatic rings. The second-order valence-electron chi connectivity index (χ2n) is 5.75. The molecule has 108 valence electrons. The molecule has 0 bridgehead atoms. The maximum atomic E-state index is 9.30. The number of anilines is 1. The molecule has 1 atom stereocenters. The molecule has 0 saturated heterocycles. The summed E-state index contributed by atoms with van der Waals surface area (Å²) in [6.45, 7) is 9.12. The molecule has 0 radical (unpaired) electrons. The number of hydrogen-bond acceptors (Lipinski definition) is 3. The molecule has 0 saturated carbocycles. The van der Waals surface area contributed by atoms with E-state index in [0.717, 1.165) is 26.1 Å². The molecule has 3 heteroatoms. The molecule has 19 heavy (non-hydrogen) atoms. The average molecular weight is 264 g/mol. The SMILES string of the molecule is CC(C)CNCc1ccc(N(C)CCC(C)O)cc1. The van der Waals surface area contributed by atoms with Gasteiger partial charge in [0.25, 0.3) is 0 Å². The van der Waals surface area contributed by atoms with Crippen molar-refractivity contribution in [2.45, 2.75) is 39.8 Å².